The van der Waals surface area contributed by atoms with Gasteiger partial charge in [0.05, 0.1) is 16.3 Å². The largest absolute Gasteiger partial charge is 0.389 e. The van der Waals surface area contributed by atoms with Crippen LogP contribution in [0.3, 0.4) is 0 Å². The Bertz CT molecular complexity index is 297. The van der Waals surface area contributed by atoms with Gasteiger partial charge >= 0.3 is 0 Å². The molecule has 1 atom stereocenters. The monoisotopic (exact) mass is 228 g/mol. The number of aliphatic hydroxyl groups is 1. The van der Waals surface area contributed by atoms with Crippen molar-refractivity contribution in [2.24, 2.45) is 0 Å². The van der Waals surface area contributed by atoms with Crippen molar-refractivity contribution in [1.29, 1.82) is 0 Å². The van der Waals surface area contributed by atoms with Crippen molar-refractivity contribution in [1.82, 2.24) is 10.3 Å². The van der Waals surface area contributed by atoms with Crippen LogP contribution in [0.4, 0.5) is 0 Å². The summed E-state index contributed by atoms with van der Waals surface area (Å²) in [6, 6.07) is 0. The van der Waals surface area contributed by atoms with Crippen LogP contribution in [0.2, 0.25) is 0 Å². The van der Waals surface area contributed by atoms with E-state index in [-0.39, 0.29) is 0 Å². The maximum atomic E-state index is 9.75. The van der Waals surface area contributed by atoms with E-state index in [9.17, 15) is 5.11 Å². The molecular formula is C11H20N2OS. The first-order chi connectivity index (χ1) is 7.03. The van der Waals surface area contributed by atoms with Crippen LogP contribution in [0.1, 0.15) is 31.0 Å². The van der Waals surface area contributed by atoms with Crippen molar-refractivity contribution >= 4 is 11.3 Å². The van der Waals surface area contributed by atoms with Crippen LogP contribution < -0.4 is 5.32 Å². The third-order valence-corrected chi connectivity index (χ3v) is 3.31. The van der Waals surface area contributed by atoms with Crippen molar-refractivity contribution < 1.29 is 5.11 Å². The molecule has 0 fully saturated rings. The van der Waals surface area contributed by atoms with E-state index in [0.29, 0.717) is 6.54 Å². The van der Waals surface area contributed by atoms with Crippen LogP contribution in [-0.2, 0) is 6.42 Å². The molecule has 1 aromatic heterocycles. The summed E-state index contributed by atoms with van der Waals surface area (Å²) in [5.41, 5.74) is 0.555. The highest BCUT2D eigenvalue weighted by Crippen LogP contribution is 2.08. The van der Waals surface area contributed by atoms with Gasteiger partial charge in [0, 0.05) is 24.9 Å². The number of hydrogen-bond donors (Lipinski definition) is 2. The quantitative estimate of drug-likeness (QED) is 0.729. The molecule has 0 radical (unpaired) electrons. The SMILES string of the molecule is CCC(C)(O)CNCCc1csc(C)n1. The van der Waals surface area contributed by atoms with Gasteiger partial charge in [0.25, 0.3) is 0 Å². The molecule has 0 saturated heterocycles. The summed E-state index contributed by atoms with van der Waals surface area (Å²) in [5.74, 6) is 0. The highest BCUT2D eigenvalue weighted by atomic mass is 32.1. The molecule has 0 saturated carbocycles. The molecule has 86 valence electrons. The number of nitrogens with one attached hydrogen (secondary N) is 1. The van der Waals surface area contributed by atoms with Crippen LogP contribution in [0.25, 0.3) is 0 Å². The van der Waals surface area contributed by atoms with Crippen molar-refractivity contribution in [2.45, 2.75) is 39.2 Å². The van der Waals surface area contributed by atoms with E-state index >= 15 is 0 Å². The normalized spacial score (nSPS) is 15.2. The molecule has 1 unspecified atom stereocenters. The second kappa shape index (κ2) is 5.58. The number of thiazole rings is 1. The lowest BCUT2D eigenvalue weighted by atomic mass is 10.0. The lowest BCUT2D eigenvalue weighted by Crippen LogP contribution is -2.37. The fourth-order valence-corrected chi connectivity index (χ4v) is 1.87. The summed E-state index contributed by atoms with van der Waals surface area (Å²) in [6.07, 6.45) is 1.71. The van der Waals surface area contributed by atoms with E-state index in [4.69, 9.17) is 0 Å². The summed E-state index contributed by atoms with van der Waals surface area (Å²) in [6.45, 7) is 7.38. The molecule has 2 N–H and O–H groups in total. The predicted octanol–water partition coefficient (Wildman–Crippen LogP) is 1.74. The standard InChI is InChI=1S/C11H20N2OS/c1-4-11(3,14)8-12-6-5-10-7-15-9(2)13-10/h7,12,14H,4-6,8H2,1-3H3. The van der Waals surface area contributed by atoms with Gasteiger partial charge in [0.15, 0.2) is 0 Å². The molecular weight excluding hydrogens is 208 g/mol. The molecule has 0 aliphatic heterocycles. The number of nitrogens with zero attached hydrogens (tertiary/aromatic N) is 1. The molecule has 0 aliphatic carbocycles. The van der Waals surface area contributed by atoms with Gasteiger partial charge < -0.3 is 10.4 Å². The van der Waals surface area contributed by atoms with E-state index in [1.165, 1.54) is 0 Å². The first-order valence-electron chi connectivity index (χ1n) is 5.37. The lowest BCUT2D eigenvalue weighted by molar-refractivity contribution is 0.0561. The van der Waals surface area contributed by atoms with E-state index in [2.05, 4.69) is 15.7 Å². The summed E-state index contributed by atoms with van der Waals surface area (Å²) in [5, 5.41) is 16.2. The van der Waals surface area contributed by atoms with Crippen molar-refractivity contribution in [2.75, 3.05) is 13.1 Å². The molecule has 0 amide bonds. The molecule has 1 rings (SSSR count). The molecule has 0 bridgehead atoms. The van der Waals surface area contributed by atoms with Gasteiger partial charge in [-0.25, -0.2) is 4.98 Å². The minimum Gasteiger partial charge on any atom is -0.389 e. The summed E-state index contributed by atoms with van der Waals surface area (Å²) in [7, 11) is 0. The zero-order valence-corrected chi connectivity index (χ0v) is 10.5. The van der Waals surface area contributed by atoms with Crippen molar-refractivity contribution in [3.8, 4) is 0 Å². The van der Waals surface area contributed by atoms with E-state index in [1.807, 2.05) is 20.8 Å². The minimum atomic E-state index is -0.585. The number of rotatable bonds is 6. The van der Waals surface area contributed by atoms with E-state index in [1.54, 1.807) is 11.3 Å². The second-order valence-electron chi connectivity index (χ2n) is 4.14. The average molecular weight is 228 g/mol. The number of aryl methyl sites for hydroxylation is 1. The molecule has 0 aromatic carbocycles. The van der Waals surface area contributed by atoms with Crippen LogP contribution in [0.5, 0.6) is 0 Å². The lowest BCUT2D eigenvalue weighted by Gasteiger charge is -2.21. The van der Waals surface area contributed by atoms with Gasteiger partial charge in [-0.3, -0.25) is 0 Å². The molecule has 1 aromatic rings. The Morgan fingerprint density at radius 3 is 2.87 bits per heavy atom. The Kier molecular flexibility index (Phi) is 4.70. The molecule has 0 aliphatic rings. The van der Waals surface area contributed by atoms with E-state index in [0.717, 1.165) is 30.1 Å². The maximum absolute atomic E-state index is 9.75. The summed E-state index contributed by atoms with van der Waals surface area (Å²) in [4.78, 5) is 4.38. The van der Waals surface area contributed by atoms with Gasteiger partial charge in [0.2, 0.25) is 0 Å². The molecule has 3 nitrogen and oxygen atoms in total. The molecule has 0 spiro atoms. The van der Waals surface area contributed by atoms with Crippen LogP contribution in [-0.4, -0.2) is 28.8 Å². The van der Waals surface area contributed by atoms with Gasteiger partial charge in [-0.05, 0) is 20.3 Å². The van der Waals surface area contributed by atoms with Gasteiger partial charge in [0.1, 0.15) is 0 Å². The first-order valence-corrected chi connectivity index (χ1v) is 6.25. The zero-order valence-electron chi connectivity index (χ0n) is 9.71. The van der Waals surface area contributed by atoms with Crippen molar-refractivity contribution in [3.05, 3.63) is 16.1 Å². The number of hydrogen-bond acceptors (Lipinski definition) is 4. The van der Waals surface area contributed by atoms with E-state index < -0.39 is 5.60 Å². The van der Waals surface area contributed by atoms with Crippen molar-refractivity contribution in [3.63, 3.8) is 0 Å². The predicted molar refractivity (Wildman–Crippen MR) is 64.3 cm³/mol. The smallest absolute Gasteiger partial charge is 0.0897 e. The highest BCUT2D eigenvalue weighted by molar-refractivity contribution is 7.09. The summed E-state index contributed by atoms with van der Waals surface area (Å²) < 4.78 is 0. The Balaban J connectivity index is 2.17. The molecule has 1 heterocycles. The van der Waals surface area contributed by atoms with Crippen LogP contribution in [0, 0.1) is 6.92 Å². The minimum absolute atomic E-state index is 0.585. The highest BCUT2D eigenvalue weighted by Gasteiger charge is 2.15. The van der Waals surface area contributed by atoms with Gasteiger partial charge in [-0.1, -0.05) is 6.92 Å². The third kappa shape index (κ3) is 4.73. The Hall–Kier alpha value is -0.450. The Morgan fingerprint density at radius 2 is 2.33 bits per heavy atom. The summed E-state index contributed by atoms with van der Waals surface area (Å²) >= 11 is 1.68. The van der Waals surface area contributed by atoms with Crippen LogP contribution in [0.15, 0.2) is 5.38 Å². The third-order valence-electron chi connectivity index (χ3n) is 2.49. The fourth-order valence-electron chi connectivity index (χ4n) is 1.22. The maximum Gasteiger partial charge on any atom is 0.0897 e. The molecule has 15 heavy (non-hydrogen) atoms. The fraction of sp³-hybridized carbons (Fsp3) is 0.727. The van der Waals surface area contributed by atoms with Crippen LogP contribution >= 0.6 is 11.3 Å². The average Bonchev–Trinajstić information content (AvgIpc) is 2.59. The first kappa shape index (κ1) is 12.6. The Morgan fingerprint density at radius 1 is 1.60 bits per heavy atom. The topological polar surface area (TPSA) is 45.1 Å². The zero-order chi connectivity index (χ0) is 11.3. The number of aromatic nitrogens is 1. The van der Waals surface area contributed by atoms with Gasteiger partial charge in [-0.15, -0.1) is 11.3 Å². The Labute approximate surface area is 95.6 Å². The second-order valence-corrected chi connectivity index (χ2v) is 5.20. The van der Waals surface area contributed by atoms with Gasteiger partial charge in [-0.2, -0.15) is 0 Å². The molecule has 4 heteroatoms.